The molecule has 3 rings (SSSR count). The number of ether oxygens (including phenoxy) is 1. The highest BCUT2D eigenvalue weighted by Gasteiger charge is 2.55. The van der Waals surface area contributed by atoms with Gasteiger partial charge in [0.05, 0.1) is 17.6 Å². The Labute approximate surface area is 125 Å². The van der Waals surface area contributed by atoms with Gasteiger partial charge in [0.2, 0.25) is 10.0 Å². The molecule has 0 spiro atoms. The van der Waals surface area contributed by atoms with Crippen LogP contribution < -0.4 is 4.74 Å². The number of benzene rings is 1. The summed E-state index contributed by atoms with van der Waals surface area (Å²) in [5.74, 6) is 0.965. The van der Waals surface area contributed by atoms with Gasteiger partial charge in [0.15, 0.2) is 0 Å². The zero-order valence-electron chi connectivity index (χ0n) is 12.6. The molecule has 1 aromatic carbocycles. The summed E-state index contributed by atoms with van der Waals surface area (Å²) in [7, 11) is -1.97. The molecular weight excluding hydrogens is 290 g/mol. The first-order valence-electron chi connectivity index (χ1n) is 7.16. The van der Waals surface area contributed by atoms with Crippen molar-refractivity contribution in [1.29, 1.82) is 0 Å². The summed E-state index contributed by atoms with van der Waals surface area (Å²) >= 11 is 0. The largest absolute Gasteiger partial charge is 0.496 e. The van der Waals surface area contributed by atoms with E-state index in [0.717, 1.165) is 18.4 Å². The molecule has 1 N–H and O–H groups in total. The summed E-state index contributed by atoms with van der Waals surface area (Å²) in [6.45, 7) is 4.07. The second kappa shape index (κ2) is 4.69. The predicted molar refractivity (Wildman–Crippen MR) is 78.9 cm³/mol. The van der Waals surface area contributed by atoms with Crippen LogP contribution in [0.15, 0.2) is 17.0 Å². The minimum absolute atomic E-state index is 0.213. The maximum Gasteiger partial charge on any atom is 0.243 e. The van der Waals surface area contributed by atoms with E-state index in [-0.39, 0.29) is 19.0 Å². The normalized spacial score (nSPS) is 21.9. The van der Waals surface area contributed by atoms with Crippen LogP contribution in [0.5, 0.6) is 5.75 Å². The van der Waals surface area contributed by atoms with Gasteiger partial charge in [0, 0.05) is 13.1 Å². The minimum Gasteiger partial charge on any atom is -0.496 e. The first-order chi connectivity index (χ1) is 9.79. The van der Waals surface area contributed by atoms with Gasteiger partial charge in [-0.3, -0.25) is 0 Å². The summed E-state index contributed by atoms with van der Waals surface area (Å²) in [5.41, 5.74) is 0.732. The first kappa shape index (κ1) is 14.8. The third-order valence-corrected chi connectivity index (χ3v) is 6.70. The lowest BCUT2D eigenvalue weighted by molar-refractivity contribution is -0.0765. The molecule has 6 heteroatoms. The summed E-state index contributed by atoms with van der Waals surface area (Å²) in [5, 5.41) is 10.3. The maximum atomic E-state index is 12.7. The number of aliphatic hydroxyl groups is 1. The second-order valence-corrected chi connectivity index (χ2v) is 8.07. The van der Waals surface area contributed by atoms with Gasteiger partial charge in [0.1, 0.15) is 5.75 Å². The lowest BCUT2D eigenvalue weighted by Gasteiger charge is -2.46. The number of methoxy groups -OCH3 is 1. The van der Waals surface area contributed by atoms with Crippen molar-refractivity contribution in [3.63, 3.8) is 0 Å². The molecule has 21 heavy (non-hydrogen) atoms. The van der Waals surface area contributed by atoms with Crippen LogP contribution in [0.3, 0.4) is 0 Å². The van der Waals surface area contributed by atoms with E-state index in [1.54, 1.807) is 26.2 Å². The Kier molecular flexibility index (Phi) is 3.31. The van der Waals surface area contributed by atoms with Crippen LogP contribution in [0.1, 0.15) is 24.0 Å². The highest BCUT2D eigenvalue weighted by molar-refractivity contribution is 7.89. The Morgan fingerprint density at radius 3 is 2.38 bits per heavy atom. The van der Waals surface area contributed by atoms with E-state index in [1.807, 2.05) is 6.92 Å². The molecule has 2 fully saturated rings. The van der Waals surface area contributed by atoms with Crippen LogP contribution >= 0.6 is 0 Å². The zero-order valence-corrected chi connectivity index (χ0v) is 13.4. The van der Waals surface area contributed by atoms with E-state index in [0.29, 0.717) is 16.2 Å². The Balaban J connectivity index is 1.88. The summed E-state index contributed by atoms with van der Waals surface area (Å²) in [6.07, 6.45) is 2.01. The van der Waals surface area contributed by atoms with E-state index in [1.165, 1.54) is 4.31 Å². The van der Waals surface area contributed by atoms with E-state index in [9.17, 15) is 13.5 Å². The molecule has 1 saturated heterocycles. The first-order valence-corrected chi connectivity index (χ1v) is 8.60. The molecule has 0 aromatic heterocycles. The van der Waals surface area contributed by atoms with Gasteiger partial charge in [-0.1, -0.05) is 0 Å². The smallest absolute Gasteiger partial charge is 0.243 e. The molecule has 0 unspecified atom stereocenters. The molecule has 116 valence electrons. The molecule has 5 nitrogen and oxygen atoms in total. The summed E-state index contributed by atoms with van der Waals surface area (Å²) in [6, 6.07) is 3.27. The van der Waals surface area contributed by atoms with E-state index in [4.69, 9.17) is 4.74 Å². The number of sulfonamides is 1. The van der Waals surface area contributed by atoms with Gasteiger partial charge in [-0.25, -0.2) is 8.42 Å². The van der Waals surface area contributed by atoms with Gasteiger partial charge >= 0.3 is 0 Å². The number of rotatable bonds is 4. The molecule has 1 aromatic rings. The van der Waals surface area contributed by atoms with Crippen molar-refractivity contribution in [1.82, 2.24) is 4.31 Å². The number of hydrogen-bond acceptors (Lipinski definition) is 4. The van der Waals surface area contributed by atoms with Crippen molar-refractivity contribution < 1.29 is 18.3 Å². The van der Waals surface area contributed by atoms with Gasteiger partial charge in [-0.05, 0) is 55.9 Å². The number of nitrogens with zero attached hydrogens (tertiary/aromatic N) is 1. The Hall–Kier alpha value is -1.11. The SMILES string of the molecule is COc1ccc(S(=O)(=O)N2CC(O)(C3CC3)C2)c(C)c1C. The fourth-order valence-corrected chi connectivity index (χ4v) is 4.87. The molecular formula is C15H21NO4S. The van der Waals surface area contributed by atoms with Gasteiger partial charge in [-0.15, -0.1) is 0 Å². The quantitative estimate of drug-likeness (QED) is 0.914. The fourth-order valence-electron chi connectivity index (χ4n) is 3.02. The van der Waals surface area contributed by atoms with Gasteiger partial charge in [0.25, 0.3) is 0 Å². The molecule has 1 aliphatic heterocycles. The standard InChI is InChI=1S/C15H21NO4S/c1-10-11(2)14(7-6-13(10)20-3)21(18,19)16-8-15(17,9-16)12-4-5-12/h6-7,12,17H,4-5,8-9H2,1-3H3. The van der Waals surface area contributed by atoms with Gasteiger partial charge in [-0.2, -0.15) is 4.31 Å². The highest BCUT2D eigenvalue weighted by Crippen LogP contribution is 2.46. The van der Waals surface area contributed by atoms with Crippen molar-refractivity contribution in [2.75, 3.05) is 20.2 Å². The second-order valence-electron chi connectivity index (χ2n) is 6.17. The third-order valence-electron chi connectivity index (χ3n) is 4.76. The molecule has 0 atom stereocenters. The molecule has 0 radical (unpaired) electrons. The van der Waals surface area contributed by atoms with Crippen LogP contribution in [0.2, 0.25) is 0 Å². The van der Waals surface area contributed by atoms with Crippen molar-refractivity contribution in [3.05, 3.63) is 23.3 Å². The van der Waals surface area contributed by atoms with Crippen LogP contribution in [-0.2, 0) is 10.0 Å². The molecule has 1 heterocycles. The van der Waals surface area contributed by atoms with Crippen LogP contribution in [-0.4, -0.2) is 43.6 Å². The Bertz CT molecular complexity index is 673. The predicted octanol–water partition coefficient (Wildman–Crippen LogP) is 1.46. The monoisotopic (exact) mass is 311 g/mol. The maximum absolute atomic E-state index is 12.7. The number of β-amino-alcohol motifs (C(OH)–C–C–N with tert-alkyl or cyclic N) is 1. The lowest BCUT2D eigenvalue weighted by atomic mass is 9.91. The average Bonchev–Trinajstić information content (AvgIpc) is 3.22. The van der Waals surface area contributed by atoms with Crippen molar-refractivity contribution in [3.8, 4) is 5.75 Å². The van der Waals surface area contributed by atoms with Crippen LogP contribution in [0.4, 0.5) is 0 Å². The number of hydrogen-bond donors (Lipinski definition) is 1. The molecule has 1 aliphatic carbocycles. The van der Waals surface area contributed by atoms with E-state index in [2.05, 4.69) is 0 Å². The van der Waals surface area contributed by atoms with Crippen LogP contribution in [0.25, 0.3) is 0 Å². The van der Waals surface area contributed by atoms with E-state index >= 15 is 0 Å². The highest BCUT2D eigenvalue weighted by atomic mass is 32.2. The lowest BCUT2D eigenvalue weighted by Crippen LogP contribution is -2.64. The average molecular weight is 311 g/mol. The van der Waals surface area contributed by atoms with E-state index < -0.39 is 15.6 Å². The molecule has 0 amide bonds. The third kappa shape index (κ3) is 2.25. The Morgan fingerprint density at radius 2 is 1.86 bits per heavy atom. The summed E-state index contributed by atoms with van der Waals surface area (Å²) < 4.78 is 32.0. The fraction of sp³-hybridized carbons (Fsp3) is 0.600. The molecule has 2 aliphatic rings. The van der Waals surface area contributed by atoms with Crippen molar-refractivity contribution >= 4 is 10.0 Å². The van der Waals surface area contributed by atoms with Gasteiger partial charge < -0.3 is 9.84 Å². The van der Waals surface area contributed by atoms with Crippen LogP contribution in [0, 0.1) is 19.8 Å². The summed E-state index contributed by atoms with van der Waals surface area (Å²) in [4.78, 5) is 0.304. The zero-order chi connectivity index (χ0) is 15.4. The Morgan fingerprint density at radius 1 is 1.24 bits per heavy atom. The molecule has 0 bridgehead atoms. The molecule has 1 saturated carbocycles. The van der Waals surface area contributed by atoms with Crippen molar-refractivity contribution in [2.24, 2.45) is 5.92 Å². The van der Waals surface area contributed by atoms with Crippen molar-refractivity contribution in [2.45, 2.75) is 37.2 Å². The minimum atomic E-state index is -3.54. The topological polar surface area (TPSA) is 66.8 Å².